The third kappa shape index (κ3) is 3.49. The molecule has 1 saturated heterocycles. The number of halogens is 3. The summed E-state index contributed by atoms with van der Waals surface area (Å²) >= 11 is 6.09. The van der Waals surface area contributed by atoms with Gasteiger partial charge in [0.15, 0.2) is 0 Å². The monoisotopic (exact) mass is 550 g/mol. The average Bonchev–Trinajstić information content (AvgIpc) is 3.33. The first-order chi connectivity index (χ1) is 18.8. The topological polar surface area (TPSA) is 86.5 Å². The van der Waals surface area contributed by atoms with Crippen molar-refractivity contribution in [3.63, 3.8) is 0 Å². The summed E-state index contributed by atoms with van der Waals surface area (Å²) in [6.07, 6.45) is 6.46. The molecule has 0 saturated carbocycles. The number of hydrogen-bond donors (Lipinski definition) is 0. The van der Waals surface area contributed by atoms with E-state index in [4.69, 9.17) is 11.6 Å². The van der Waals surface area contributed by atoms with Gasteiger partial charge < -0.3 is 4.90 Å². The minimum atomic E-state index is -0.827. The third-order valence-corrected chi connectivity index (χ3v) is 8.04. The molecule has 2 aliphatic rings. The quantitative estimate of drug-likeness (QED) is 0.335. The minimum Gasteiger partial charge on any atom is -0.355 e. The van der Waals surface area contributed by atoms with Crippen LogP contribution < -0.4 is 21.7 Å². The van der Waals surface area contributed by atoms with Gasteiger partial charge in [0.05, 0.1) is 22.4 Å². The molecule has 0 N–H and O–H groups in total. The van der Waals surface area contributed by atoms with E-state index < -0.39 is 28.4 Å². The Hall–Kier alpha value is -4.25. The van der Waals surface area contributed by atoms with Crippen LogP contribution >= 0.6 is 11.6 Å². The maximum Gasteiger partial charge on any atom is 0.342 e. The Kier molecular flexibility index (Phi) is 5.28. The molecule has 5 aromatic rings. The molecule has 9 nitrogen and oxygen atoms in total. The largest absolute Gasteiger partial charge is 0.355 e. The number of anilines is 1. The van der Waals surface area contributed by atoms with Crippen molar-refractivity contribution in [1.82, 2.24) is 23.1 Å². The fourth-order valence-electron chi connectivity index (χ4n) is 5.92. The zero-order chi connectivity index (χ0) is 27.0. The Balaban J connectivity index is 1.62. The summed E-state index contributed by atoms with van der Waals surface area (Å²) < 4.78 is 32.9. The van der Waals surface area contributed by atoms with E-state index in [1.54, 1.807) is 10.6 Å². The van der Waals surface area contributed by atoms with Gasteiger partial charge in [-0.25, -0.2) is 23.1 Å². The Morgan fingerprint density at radius 3 is 2.56 bits per heavy atom. The molecule has 0 bridgehead atoms. The molecule has 4 aromatic heterocycles. The highest BCUT2D eigenvalue weighted by molar-refractivity contribution is 6.30. The molecule has 39 heavy (non-hydrogen) atoms. The van der Waals surface area contributed by atoms with E-state index in [9.17, 15) is 23.2 Å². The summed E-state index contributed by atoms with van der Waals surface area (Å²) in [4.78, 5) is 48.4. The molecule has 0 radical (unpaired) electrons. The number of hydrogen-bond acceptors (Lipinski definition) is 5. The van der Waals surface area contributed by atoms with Crippen LogP contribution in [-0.2, 0) is 6.54 Å². The second kappa shape index (κ2) is 8.63. The molecule has 0 aliphatic carbocycles. The van der Waals surface area contributed by atoms with Crippen LogP contribution in [0.3, 0.4) is 0 Å². The summed E-state index contributed by atoms with van der Waals surface area (Å²) in [7, 11) is 0. The molecule has 12 heteroatoms. The van der Waals surface area contributed by atoms with Gasteiger partial charge >= 0.3 is 5.69 Å². The van der Waals surface area contributed by atoms with E-state index in [0.29, 0.717) is 12.4 Å². The second-order valence-electron chi connectivity index (χ2n) is 9.90. The summed E-state index contributed by atoms with van der Waals surface area (Å²) in [5.74, 6) is -0.539. The first kappa shape index (κ1) is 23.8. The Bertz CT molecular complexity index is 2010. The maximum absolute atomic E-state index is 14.1. The molecule has 7 rings (SSSR count). The van der Waals surface area contributed by atoms with Gasteiger partial charge in [0.25, 0.3) is 11.1 Å². The molecule has 1 atom stereocenters. The number of rotatable bonds is 2. The van der Waals surface area contributed by atoms with E-state index in [1.165, 1.54) is 39.6 Å². The lowest BCUT2D eigenvalue weighted by molar-refractivity contribution is 0.377. The van der Waals surface area contributed by atoms with Crippen molar-refractivity contribution in [3.05, 3.63) is 96.6 Å². The van der Waals surface area contributed by atoms with E-state index in [1.807, 2.05) is 0 Å². The highest BCUT2D eigenvalue weighted by atomic mass is 35.5. The van der Waals surface area contributed by atoms with Crippen LogP contribution in [0.4, 0.5) is 14.6 Å². The van der Waals surface area contributed by atoms with Crippen LogP contribution in [0.2, 0.25) is 5.02 Å². The van der Waals surface area contributed by atoms with Gasteiger partial charge in [-0.05, 0) is 49.9 Å². The van der Waals surface area contributed by atoms with Crippen molar-refractivity contribution < 1.29 is 8.78 Å². The molecule has 198 valence electrons. The fourth-order valence-corrected chi connectivity index (χ4v) is 6.09. The third-order valence-electron chi connectivity index (χ3n) is 7.75. The molecule has 0 unspecified atom stereocenters. The Morgan fingerprint density at radius 1 is 0.897 bits per heavy atom. The fraction of sp³-hybridized carbons (Fsp3) is 0.259. The van der Waals surface area contributed by atoms with E-state index in [0.717, 1.165) is 48.9 Å². The van der Waals surface area contributed by atoms with Crippen molar-refractivity contribution in [2.75, 3.05) is 11.4 Å². The maximum atomic E-state index is 14.1. The van der Waals surface area contributed by atoms with Gasteiger partial charge in [0, 0.05) is 37.5 Å². The highest BCUT2D eigenvalue weighted by Crippen LogP contribution is 2.32. The van der Waals surface area contributed by atoms with Crippen LogP contribution in [0.5, 0.6) is 0 Å². The lowest BCUT2D eigenvalue weighted by Crippen LogP contribution is -2.48. The first-order valence-electron chi connectivity index (χ1n) is 12.6. The van der Waals surface area contributed by atoms with E-state index in [-0.39, 0.29) is 39.1 Å². The Labute approximate surface area is 223 Å². The van der Waals surface area contributed by atoms with Crippen LogP contribution in [0, 0.1) is 11.6 Å². The summed E-state index contributed by atoms with van der Waals surface area (Å²) in [5, 5.41) is -0.423. The highest BCUT2D eigenvalue weighted by Gasteiger charge is 2.32. The number of benzene rings is 1. The van der Waals surface area contributed by atoms with Gasteiger partial charge in [-0.2, -0.15) is 0 Å². The van der Waals surface area contributed by atoms with Crippen LogP contribution in [0.25, 0.3) is 28.1 Å². The number of piperidine rings is 1. The van der Waals surface area contributed by atoms with Crippen molar-refractivity contribution in [2.24, 2.45) is 0 Å². The second-order valence-corrected chi connectivity index (χ2v) is 10.3. The summed E-state index contributed by atoms with van der Waals surface area (Å²) in [6.45, 7) is 1.21. The van der Waals surface area contributed by atoms with Crippen molar-refractivity contribution in [1.29, 1.82) is 0 Å². The van der Waals surface area contributed by atoms with E-state index in [2.05, 4.69) is 9.88 Å². The van der Waals surface area contributed by atoms with Crippen molar-refractivity contribution in [3.8, 4) is 11.5 Å². The van der Waals surface area contributed by atoms with Gasteiger partial charge in [-0.15, -0.1) is 0 Å². The van der Waals surface area contributed by atoms with Crippen molar-refractivity contribution in [2.45, 2.75) is 38.3 Å². The molecule has 1 aromatic carbocycles. The lowest BCUT2D eigenvalue weighted by Gasteiger charge is -2.42. The van der Waals surface area contributed by atoms with Gasteiger partial charge in [0.2, 0.25) is 0 Å². The molecule has 2 aliphatic heterocycles. The van der Waals surface area contributed by atoms with Gasteiger partial charge in [0.1, 0.15) is 34.3 Å². The number of aromatic nitrogens is 5. The van der Waals surface area contributed by atoms with Gasteiger partial charge in [-0.3, -0.25) is 23.1 Å². The molecule has 0 amide bonds. The predicted molar refractivity (Wildman–Crippen MR) is 143 cm³/mol. The van der Waals surface area contributed by atoms with Crippen LogP contribution in [0.15, 0.2) is 63.2 Å². The zero-order valence-corrected chi connectivity index (χ0v) is 21.2. The number of imidazole rings is 1. The molecule has 0 spiro atoms. The average molecular weight is 551 g/mol. The molecular weight excluding hydrogens is 530 g/mol. The predicted octanol–water partition coefficient (Wildman–Crippen LogP) is 3.65. The van der Waals surface area contributed by atoms with Crippen LogP contribution in [0.1, 0.15) is 25.7 Å². The standard InChI is InChI=1S/C27H21ClF2N6O3/c28-18-12-17(4-5-19(18)30)35-20-13-22-32-8-2-1-3-16(32)7-10-34(22)25(37)24(20)26(38)36(27(35)39)23-14-31-21-11-15(29)6-9-33(21)23/h4-6,9,11-14,16H,1-3,7-8,10H2/t16-/m1/s1. The number of fused-ring (bicyclic) bond motifs is 5. The number of nitrogens with zero attached hydrogens (tertiary/aromatic N) is 6. The molecule has 1 fully saturated rings. The summed E-state index contributed by atoms with van der Waals surface area (Å²) in [6, 6.07) is 8.06. The smallest absolute Gasteiger partial charge is 0.342 e. The first-order valence-corrected chi connectivity index (χ1v) is 13.0. The SMILES string of the molecule is O=c1c2c(=O)n(-c3cnc4cc(F)ccn34)c(=O)n(-c3ccc(F)c(Cl)c3)c2cc2n1CC[C@H]1CCCCN21. The molecule has 6 heterocycles. The van der Waals surface area contributed by atoms with E-state index >= 15 is 0 Å². The Morgan fingerprint density at radius 2 is 1.74 bits per heavy atom. The zero-order valence-electron chi connectivity index (χ0n) is 20.5. The summed E-state index contributed by atoms with van der Waals surface area (Å²) in [5.41, 5.74) is -1.70. The van der Waals surface area contributed by atoms with Crippen molar-refractivity contribution >= 4 is 34.0 Å². The molecular formula is C27H21ClF2N6O3. The number of pyridine rings is 2. The normalized spacial score (nSPS) is 17.0. The minimum absolute atomic E-state index is 0.0297. The van der Waals surface area contributed by atoms with Gasteiger partial charge in [-0.1, -0.05) is 11.6 Å². The lowest BCUT2D eigenvalue weighted by atomic mass is 9.97. The van der Waals surface area contributed by atoms with Crippen LogP contribution in [-0.4, -0.2) is 35.7 Å².